The van der Waals surface area contributed by atoms with Gasteiger partial charge in [-0.1, -0.05) is 6.08 Å². The summed E-state index contributed by atoms with van der Waals surface area (Å²) in [5.41, 5.74) is 0.383. The first-order valence-corrected chi connectivity index (χ1v) is 7.77. The molecule has 0 aromatic carbocycles. The average molecular weight is 263 g/mol. The molecule has 4 aliphatic rings. The number of carbonyl (C=O) groups is 1. The number of esters is 1. The number of nitrogens with one attached hydrogen (secondary N) is 1. The van der Waals surface area contributed by atoms with Crippen LogP contribution in [0.2, 0.25) is 0 Å². The van der Waals surface area contributed by atoms with E-state index in [2.05, 4.69) is 5.32 Å². The normalized spacial score (nSPS) is 39.9. The second kappa shape index (κ2) is 5.28. The highest BCUT2D eigenvalue weighted by molar-refractivity contribution is 5.81. The third-order valence-corrected chi connectivity index (χ3v) is 5.17. The minimum atomic E-state index is -0.227. The second-order valence-electron chi connectivity index (χ2n) is 6.73. The molecule has 4 bridgehead atoms. The first-order valence-electron chi connectivity index (χ1n) is 7.77. The molecule has 0 saturated heterocycles. The molecule has 3 nitrogen and oxygen atoms in total. The van der Waals surface area contributed by atoms with Gasteiger partial charge >= 0.3 is 5.97 Å². The summed E-state index contributed by atoms with van der Waals surface area (Å²) in [7, 11) is 0. The van der Waals surface area contributed by atoms with Gasteiger partial charge in [0.25, 0.3) is 0 Å². The van der Waals surface area contributed by atoms with Crippen molar-refractivity contribution in [1.29, 1.82) is 0 Å². The van der Waals surface area contributed by atoms with E-state index in [0.29, 0.717) is 12.1 Å². The first-order chi connectivity index (χ1) is 9.19. The molecule has 3 heteroatoms. The van der Waals surface area contributed by atoms with Crippen molar-refractivity contribution < 1.29 is 9.53 Å². The molecule has 0 unspecified atom stereocenters. The Hall–Kier alpha value is -0.830. The zero-order valence-corrected chi connectivity index (χ0v) is 11.9. The van der Waals surface area contributed by atoms with Gasteiger partial charge in [0.1, 0.15) is 0 Å². The Morgan fingerprint density at radius 2 is 1.79 bits per heavy atom. The molecule has 0 aromatic heterocycles. The molecular weight excluding hydrogens is 238 g/mol. The summed E-state index contributed by atoms with van der Waals surface area (Å²) >= 11 is 0. The predicted octanol–water partition coefficient (Wildman–Crippen LogP) is 2.66. The molecule has 0 radical (unpaired) electrons. The van der Waals surface area contributed by atoms with Gasteiger partial charge in [0.15, 0.2) is 0 Å². The van der Waals surface area contributed by atoms with Gasteiger partial charge in [-0.15, -0.1) is 0 Å². The van der Waals surface area contributed by atoms with Crippen molar-refractivity contribution in [2.45, 2.75) is 51.0 Å². The van der Waals surface area contributed by atoms with Crippen LogP contribution in [0.5, 0.6) is 0 Å². The lowest BCUT2D eigenvalue weighted by Crippen LogP contribution is -2.58. The third-order valence-electron chi connectivity index (χ3n) is 5.17. The molecule has 19 heavy (non-hydrogen) atoms. The summed E-state index contributed by atoms with van der Waals surface area (Å²) in [4.78, 5) is 11.2. The van der Waals surface area contributed by atoms with E-state index in [1.807, 2.05) is 13.0 Å². The fraction of sp³-hybridized carbons (Fsp3) is 0.812. The van der Waals surface area contributed by atoms with E-state index in [-0.39, 0.29) is 5.97 Å². The fourth-order valence-electron chi connectivity index (χ4n) is 4.95. The Kier molecular flexibility index (Phi) is 3.66. The highest BCUT2D eigenvalue weighted by Crippen LogP contribution is 2.55. The predicted molar refractivity (Wildman–Crippen MR) is 74.7 cm³/mol. The molecular formula is C16H25NO2. The highest BCUT2D eigenvalue weighted by Gasteiger charge is 2.50. The van der Waals surface area contributed by atoms with Crippen molar-refractivity contribution in [1.82, 2.24) is 5.32 Å². The third kappa shape index (κ3) is 2.86. The zero-order valence-electron chi connectivity index (χ0n) is 11.9. The van der Waals surface area contributed by atoms with Gasteiger partial charge in [0.05, 0.1) is 6.61 Å². The number of rotatable bonds is 5. The lowest BCUT2D eigenvalue weighted by molar-refractivity contribution is -0.137. The van der Waals surface area contributed by atoms with Crippen molar-refractivity contribution in [3.8, 4) is 0 Å². The van der Waals surface area contributed by atoms with Gasteiger partial charge in [0.2, 0.25) is 0 Å². The minimum absolute atomic E-state index is 0.227. The van der Waals surface area contributed by atoms with Gasteiger partial charge in [0, 0.05) is 18.2 Å². The van der Waals surface area contributed by atoms with E-state index in [9.17, 15) is 4.79 Å². The summed E-state index contributed by atoms with van der Waals surface area (Å²) in [6.45, 7) is 3.08. The highest BCUT2D eigenvalue weighted by atomic mass is 16.5. The largest absolute Gasteiger partial charge is 0.463 e. The Balaban J connectivity index is 1.51. The quantitative estimate of drug-likeness (QED) is 0.612. The van der Waals surface area contributed by atoms with E-state index in [1.54, 1.807) is 6.08 Å². The van der Waals surface area contributed by atoms with Gasteiger partial charge in [-0.2, -0.15) is 0 Å². The molecule has 4 fully saturated rings. The molecule has 0 aromatic rings. The molecule has 0 amide bonds. The Bertz CT molecular complexity index is 340. The second-order valence-corrected chi connectivity index (χ2v) is 6.73. The van der Waals surface area contributed by atoms with Crippen LogP contribution in [0.1, 0.15) is 45.4 Å². The topological polar surface area (TPSA) is 38.3 Å². The van der Waals surface area contributed by atoms with Crippen molar-refractivity contribution in [3.05, 3.63) is 12.2 Å². The summed E-state index contributed by atoms with van der Waals surface area (Å²) in [6, 6.07) is 0. The van der Waals surface area contributed by atoms with Crippen LogP contribution in [0.15, 0.2) is 12.2 Å². The molecule has 4 aliphatic carbocycles. The zero-order chi connectivity index (χ0) is 13.3. The van der Waals surface area contributed by atoms with Crippen molar-refractivity contribution >= 4 is 5.97 Å². The monoisotopic (exact) mass is 263 g/mol. The van der Waals surface area contributed by atoms with Gasteiger partial charge < -0.3 is 10.1 Å². The van der Waals surface area contributed by atoms with E-state index in [4.69, 9.17) is 4.74 Å². The first kappa shape index (κ1) is 13.2. The number of hydrogen-bond donors (Lipinski definition) is 1. The number of carbonyl (C=O) groups excluding carboxylic acids is 1. The number of ether oxygens (including phenoxy) is 1. The Labute approximate surface area is 115 Å². The minimum Gasteiger partial charge on any atom is -0.463 e. The SMILES string of the molecule is CCOC(=O)/C=C/CNC12CC3CC(CC(C3)C1)C2. The van der Waals surface area contributed by atoms with Gasteiger partial charge in [-0.25, -0.2) is 4.79 Å². The number of hydrogen-bond acceptors (Lipinski definition) is 3. The van der Waals surface area contributed by atoms with Crippen LogP contribution in [0.25, 0.3) is 0 Å². The molecule has 106 valence electrons. The summed E-state index contributed by atoms with van der Waals surface area (Å²) in [5.74, 6) is 2.67. The average Bonchev–Trinajstić information content (AvgIpc) is 2.33. The molecule has 4 saturated carbocycles. The van der Waals surface area contributed by atoms with Crippen LogP contribution >= 0.6 is 0 Å². The van der Waals surface area contributed by atoms with Crippen LogP contribution < -0.4 is 5.32 Å². The Morgan fingerprint density at radius 3 is 2.32 bits per heavy atom. The van der Waals surface area contributed by atoms with E-state index in [1.165, 1.54) is 38.5 Å². The van der Waals surface area contributed by atoms with Crippen LogP contribution in [-0.4, -0.2) is 24.7 Å². The smallest absolute Gasteiger partial charge is 0.330 e. The fourth-order valence-corrected chi connectivity index (χ4v) is 4.95. The van der Waals surface area contributed by atoms with Crippen LogP contribution in [0.4, 0.5) is 0 Å². The molecule has 0 spiro atoms. The summed E-state index contributed by atoms with van der Waals surface area (Å²) in [6.07, 6.45) is 11.9. The Morgan fingerprint density at radius 1 is 1.21 bits per heavy atom. The van der Waals surface area contributed by atoms with Crippen molar-refractivity contribution in [2.24, 2.45) is 17.8 Å². The van der Waals surface area contributed by atoms with Gasteiger partial charge in [-0.3, -0.25) is 0 Å². The maximum absolute atomic E-state index is 11.2. The maximum atomic E-state index is 11.2. The maximum Gasteiger partial charge on any atom is 0.330 e. The molecule has 0 heterocycles. The summed E-state index contributed by atoms with van der Waals surface area (Å²) in [5, 5.41) is 3.73. The molecule has 1 N–H and O–H groups in total. The van der Waals surface area contributed by atoms with E-state index in [0.717, 1.165) is 24.3 Å². The van der Waals surface area contributed by atoms with Gasteiger partial charge in [-0.05, 0) is 63.2 Å². The van der Waals surface area contributed by atoms with Crippen molar-refractivity contribution in [3.63, 3.8) is 0 Å². The molecule has 0 aliphatic heterocycles. The standard InChI is InChI=1S/C16H25NO2/c1-2-19-15(18)4-3-5-17-16-9-12-6-13(10-16)8-14(7-12)11-16/h3-4,12-14,17H,2,5-11H2,1H3/b4-3+. The van der Waals surface area contributed by atoms with E-state index < -0.39 is 0 Å². The van der Waals surface area contributed by atoms with Crippen LogP contribution in [-0.2, 0) is 9.53 Å². The van der Waals surface area contributed by atoms with Crippen LogP contribution in [0.3, 0.4) is 0 Å². The van der Waals surface area contributed by atoms with Crippen molar-refractivity contribution in [2.75, 3.05) is 13.2 Å². The van der Waals surface area contributed by atoms with Crippen LogP contribution in [0, 0.1) is 17.8 Å². The lowest BCUT2D eigenvalue weighted by atomic mass is 9.53. The lowest BCUT2D eigenvalue weighted by Gasteiger charge is -2.57. The molecule has 0 atom stereocenters. The summed E-state index contributed by atoms with van der Waals surface area (Å²) < 4.78 is 4.88. The van der Waals surface area contributed by atoms with E-state index >= 15 is 0 Å². The molecule has 4 rings (SSSR count).